The number of hydrogen-bond acceptors (Lipinski definition) is 4. The molecule has 0 atom stereocenters. The summed E-state index contributed by atoms with van der Waals surface area (Å²) in [6.07, 6.45) is 1.32. The minimum Gasteiger partial charge on any atom is -0.381 e. The number of Topliss-reactive ketones (excluding diaryl/α,β-unsaturated/α-hetero) is 1. The fourth-order valence-electron chi connectivity index (χ4n) is 2.18. The van der Waals surface area contributed by atoms with Crippen molar-refractivity contribution in [1.82, 2.24) is 0 Å². The van der Waals surface area contributed by atoms with Crippen molar-refractivity contribution >= 4 is 15.6 Å². The molecule has 5 heteroatoms. The fourth-order valence-corrected chi connectivity index (χ4v) is 4.23. The molecule has 0 radical (unpaired) electrons. The predicted octanol–water partition coefficient (Wildman–Crippen LogP) is 1.97. The van der Waals surface area contributed by atoms with E-state index in [1.54, 1.807) is 13.8 Å². The van der Waals surface area contributed by atoms with Crippen molar-refractivity contribution in [3.63, 3.8) is 0 Å². The lowest BCUT2D eigenvalue weighted by Crippen LogP contribution is -2.47. The van der Waals surface area contributed by atoms with Gasteiger partial charge in [-0.15, -0.1) is 0 Å². The van der Waals surface area contributed by atoms with Crippen LogP contribution in [0.15, 0.2) is 0 Å². The van der Waals surface area contributed by atoms with E-state index in [0.29, 0.717) is 32.5 Å². The zero-order chi connectivity index (χ0) is 14.0. The fraction of sp³-hybridized carbons (Fsp3) is 0.923. The summed E-state index contributed by atoms with van der Waals surface area (Å²) in [6, 6.07) is 0. The summed E-state index contributed by atoms with van der Waals surface area (Å²) in [5.41, 5.74) is 0. The zero-order valence-electron chi connectivity index (χ0n) is 11.7. The molecule has 1 aliphatic heterocycles. The van der Waals surface area contributed by atoms with Gasteiger partial charge in [-0.1, -0.05) is 13.8 Å². The summed E-state index contributed by atoms with van der Waals surface area (Å²) >= 11 is 0. The van der Waals surface area contributed by atoms with E-state index in [2.05, 4.69) is 0 Å². The van der Waals surface area contributed by atoms with Crippen LogP contribution in [0.2, 0.25) is 0 Å². The Balaban J connectivity index is 2.90. The number of sulfone groups is 1. The van der Waals surface area contributed by atoms with E-state index in [1.165, 1.54) is 0 Å². The summed E-state index contributed by atoms with van der Waals surface area (Å²) < 4.78 is 29.0. The number of carbonyl (C=O) groups excluding carboxylic acids is 1. The molecule has 0 N–H and O–H groups in total. The molecule has 0 amide bonds. The summed E-state index contributed by atoms with van der Waals surface area (Å²) in [7, 11) is -3.44. The first-order valence-electron chi connectivity index (χ1n) is 6.54. The molecule has 4 nitrogen and oxygen atoms in total. The third-order valence-electron chi connectivity index (χ3n) is 3.58. The first-order valence-corrected chi connectivity index (χ1v) is 8.08. The number of hydrogen-bond donors (Lipinski definition) is 0. The van der Waals surface area contributed by atoms with Crippen LogP contribution in [0.25, 0.3) is 0 Å². The van der Waals surface area contributed by atoms with E-state index >= 15 is 0 Å². The Kier molecular flexibility index (Phi) is 4.95. The molecule has 18 heavy (non-hydrogen) atoms. The number of ketones is 1. The van der Waals surface area contributed by atoms with Crippen LogP contribution in [0.3, 0.4) is 0 Å². The Labute approximate surface area is 110 Å². The Morgan fingerprint density at radius 3 is 2.22 bits per heavy atom. The van der Waals surface area contributed by atoms with Gasteiger partial charge in [-0.25, -0.2) is 8.42 Å². The second kappa shape index (κ2) is 5.70. The lowest BCUT2D eigenvalue weighted by Gasteiger charge is -2.31. The third-order valence-corrected chi connectivity index (χ3v) is 6.58. The second-order valence-electron chi connectivity index (χ2n) is 5.89. The van der Waals surface area contributed by atoms with Crippen molar-refractivity contribution in [2.75, 3.05) is 13.2 Å². The van der Waals surface area contributed by atoms with Gasteiger partial charge < -0.3 is 4.74 Å². The molecule has 0 spiro atoms. The topological polar surface area (TPSA) is 60.4 Å². The quantitative estimate of drug-likeness (QED) is 0.770. The average molecular weight is 276 g/mol. The minimum atomic E-state index is -3.44. The number of carbonyl (C=O) groups is 1. The van der Waals surface area contributed by atoms with Crippen molar-refractivity contribution in [2.24, 2.45) is 5.92 Å². The molecule has 0 saturated carbocycles. The molecular weight excluding hydrogens is 252 g/mol. The molecule has 1 fully saturated rings. The van der Waals surface area contributed by atoms with Crippen molar-refractivity contribution in [3.05, 3.63) is 0 Å². The largest absolute Gasteiger partial charge is 0.381 e. The lowest BCUT2D eigenvalue weighted by atomic mass is 9.98. The van der Waals surface area contributed by atoms with E-state index in [0.717, 1.165) is 0 Å². The van der Waals surface area contributed by atoms with Gasteiger partial charge in [0.1, 0.15) is 4.75 Å². The van der Waals surface area contributed by atoms with Gasteiger partial charge in [0.15, 0.2) is 15.6 Å². The first kappa shape index (κ1) is 15.6. The monoisotopic (exact) mass is 276 g/mol. The molecule has 1 aliphatic rings. The van der Waals surface area contributed by atoms with Gasteiger partial charge in [-0.05, 0) is 32.6 Å². The van der Waals surface area contributed by atoms with E-state index in [4.69, 9.17) is 4.74 Å². The van der Waals surface area contributed by atoms with E-state index in [1.807, 2.05) is 13.8 Å². The third kappa shape index (κ3) is 3.12. The van der Waals surface area contributed by atoms with Crippen LogP contribution in [-0.4, -0.2) is 37.4 Å². The van der Waals surface area contributed by atoms with Gasteiger partial charge >= 0.3 is 0 Å². The highest BCUT2D eigenvalue weighted by atomic mass is 32.2. The standard InChI is InChI=1S/C13H24O4S/c1-10(2)9-12(14)13(3,4)18(15,16)11-5-7-17-8-6-11/h10-11H,5-9H2,1-4H3. The predicted molar refractivity (Wildman–Crippen MR) is 71.3 cm³/mol. The van der Waals surface area contributed by atoms with Gasteiger partial charge in [-0.3, -0.25) is 4.79 Å². The lowest BCUT2D eigenvalue weighted by molar-refractivity contribution is -0.121. The highest BCUT2D eigenvalue weighted by Gasteiger charge is 2.45. The molecule has 1 saturated heterocycles. The molecule has 0 aliphatic carbocycles. The van der Waals surface area contributed by atoms with E-state index in [9.17, 15) is 13.2 Å². The Morgan fingerprint density at radius 1 is 1.28 bits per heavy atom. The van der Waals surface area contributed by atoms with Crippen molar-refractivity contribution in [1.29, 1.82) is 0 Å². The molecular formula is C13H24O4S. The molecule has 1 heterocycles. The maximum Gasteiger partial charge on any atom is 0.165 e. The Hall–Kier alpha value is -0.420. The van der Waals surface area contributed by atoms with Gasteiger partial charge in [0.2, 0.25) is 0 Å². The van der Waals surface area contributed by atoms with Crippen molar-refractivity contribution in [2.45, 2.75) is 57.0 Å². The van der Waals surface area contributed by atoms with Gasteiger partial charge in [-0.2, -0.15) is 0 Å². The maximum absolute atomic E-state index is 12.6. The molecule has 0 bridgehead atoms. The zero-order valence-corrected chi connectivity index (χ0v) is 12.5. The smallest absolute Gasteiger partial charge is 0.165 e. The molecule has 0 unspecified atom stereocenters. The van der Waals surface area contributed by atoms with Gasteiger partial charge in [0, 0.05) is 19.6 Å². The minimum absolute atomic E-state index is 0.177. The van der Waals surface area contributed by atoms with Crippen molar-refractivity contribution in [3.8, 4) is 0 Å². The molecule has 1 rings (SSSR count). The summed E-state index contributed by atoms with van der Waals surface area (Å²) in [5.74, 6) is 0.00524. The second-order valence-corrected chi connectivity index (χ2v) is 8.67. The van der Waals surface area contributed by atoms with Gasteiger partial charge in [0.25, 0.3) is 0 Å². The molecule has 0 aromatic rings. The number of ether oxygens (including phenoxy) is 1. The van der Waals surface area contributed by atoms with Gasteiger partial charge in [0.05, 0.1) is 5.25 Å². The number of rotatable bonds is 5. The Bertz CT molecular complexity index is 389. The van der Waals surface area contributed by atoms with Crippen LogP contribution in [0.5, 0.6) is 0 Å². The summed E-state index contributed by atoms with van der Waals surface area (Å²) in [5, 5.41) is -0.433. The van der Waals surface area contributed by atoms with Crippen LogP contribution in [-0.2, 0) is 19.4 Å². The highest BCUT2D eigenvalue weighted by molar-refractivity contribution is 7.94. The van der Waals surface area contributed by atoms with Crippen LogP contribution < -0.4 is 0 Å². The van der Waals surface area contributed by atoms with Crippen LogP contribution in [0.1, 0.15) is 47.0 Å². The van der Waals surface area contributed by atoms with Crippen LogP contribution in [0.4, 0.5) is 0 Å². The molecule has 0 aromatic heterocycles. The van der Waals surface area contributed by atoms with Crippen LogP contribution in [0, 0.1) is 5.92 Å². The average Bonchev–Trinajstić information content (AvgIpc) is 2.29. The first-order chi connectivity index (χ1) is 8.19. The highest BCUT2D eigenvalue weighted by Crippen LogP contribution is 2.29. The summed E-state index contributed by atoms with van der Waals surface area (Å²) in [4.78, 5) is 12.2. The molecule has 0 aromatic carbocycles. The molecule has 106 valence electrons. The SMILES string of the molecule is CC(C)CC(=O)C(C)(C)S(=O)(=O)C1CCOCC1. The van der Waals surface area contributed by atoms with E-state index in [-0.39, 0.29) is 11.7 Å². The van der Waals surface area contributed by atoms with Crippen LogP contribution >= 0.6 is 0 Å². The van der Waals surface area contributed by atoms with E-state index < -0.39 is 19.8 Å². The maximum atomic E-state index is 12.6. The summed E-state index contributed by atoms with van der Waals surface area (Å²) in [6.45, 7) is 7.88. The normalized spacial score (nSPS) is 19.2. The Morgan fingerprint density at radius 2 is 1.78 bits per heavy atom. The van der Waals surface area contributed by atoms with Crippen molar-refractivity contribution < 1.29 is 17.9 Å².